The van der Waals surface area contributed by atoms with Gasteiger partial charge in [0, 0.05) is 10.9 Å². The molecule has 5 heteroatoms. The van der Waals surface area contributed by atoms with E-state index < -0.39 is 17.6 Å². The minimum atomic E-state index is -1.22. The van der Waals surface area contributed by atoms with Crippen LogP contribution in [0.1, 0.15) is 22.3 Å². The van der Waals surface area contributed by atoms with Crippen molar-refractivity contribution < 1.29 is 13.9 Å². The first-order chi connectivity index (χ1) is 8.05. The number of methoxy groups -OCH3 is 1. The molecule has 1 fully saturated rings. The highest BCUT2D eigenvalue weighted by molar-refractivity contribution is 9.10. The number of esters is 1. The van der Waals surface area contributed by atoms with Gasteiger partial charge in [-0.2, -0.15) is 5.26 Å². The Morgan fingerprint density at radius 2 is 2.35 bits per heavy atom. The lowest BCUT2D eigenvalue weighted by Gasteiger charge is -2.12. The van der Waals surface area contributed by atoms with Crippen LogP contribution in [-0.2, 0) is 10.2 Å². The van der Waals surface area contributed by atoms with Crippen LogP contribution in [0.15, 0.2) is 22.7 Å². The number of alkyl halides is 1. The van der Waals surface area contributed by atoms with Crippen molar-refractivity contribution in [3.05, 3.63) is 33.8 Å². The van der Waals surface area contributed by atoms with Gasteiger partial charge >= 0.3 is 5.97 Å². The molecule has 1 aliphatic carbocycles. The van der Waals surface area contributed by atoms with Crippen LogP contribution in [0.3, 0.4) is 0 Å². The number of carbonyl (C=O) groups is 1. The van der Waals surface area contributed by atoms with Gasteiger partial charge in [0.05, 0.1) is 18.7 Å². The minimum absolute atomic E-state index is 0.129. The van der Waals surface area contributed by atoms with E-state index in [2.05, 4.69) is 20.7 Å². The smallest absolute Gasteiger partial charge is 0.338 e. The third-order valence-electron chi connectivity index (χ3n) is 2.94. The quantitative estimate of drug-likeness (QED) is 0.789. The third-order valence-corrected chi connectivity index (χ3v) is 3.44. The molecule has 1 aromatic carbocycles. The Labute approximate surface area is 106 Å². The number of hydrogen-bond donors (Lipinski definition) is 0. The largest absolute Gasteiger partial charge is 0.465 e. The van der Waals surface area contributed by atoms with Crippen LogP contribution in [0.5, 0.6) is 0 Å². The summed E-state index contributed by atoms with van der Waals surface area (Å²) in [6.45, 7) is 0. The maximum atomic E-state index is 13.4. The molecule has 88 valence electrons. The molecule has 0 saturated heterocycles. The zero-order valence-corrected chi connectivity index (χ0v) is 10.6. The van der Waals surface area contributed by atoms with Crippen molar-refractivity contribution >= 4 is 21.9 Å². The number of rotatable bonds is 2. The summed E-state index contributed by atoms with van der Waals surface area (Å²) in [6.07, 6.45) is -1.09. The van der Waals surface area contributed by atoms with Crippen LogP contribution < -0.4 is 0 Å². The highest BCUT2D eigenvalue weighted by atomic mass is 79.9. The molecule has 0 spiro atoms. The average Bonchev–Trinajstić information content (AvgIpc) is 3.00. The first-order valence-electron chi connectivity index (χ1n) is 4.99. The minimum Gasteiger partial charge on any atom is -0.465 e. The summed E-state index contributed by atoms with van der Waals surface area (Å²) in [6, 6.07) is 6.77. The van der Waals surface area contributed by atoms with Gasteiger partial charge in [-0.05, 0) is 23.8 Å². The van der Waals surface area contributed by atoms with E-state index in [1.54, 1.807) is 12.1 Å². The summed E-state index contributed by atoms with van der Waals surface area (Å²) in [5, 5.41) is 9.09. The fourth-order valence-corrected chi connectivity index (χ4v) is 2.21. The van der Waals surface area contributed by atoms with E-state index >= 15 is 0 Å². The molecule has 17 heavy (non-hydrogen) atoms. The molecule has 0 N–H and O–H groups in total. The number of hydrogen-bond acceptors (Lipinski definition) is 3. The van der Waals surface area contributed by atoms with Crippen LogP contribution >= 0.6 is 15.9 Å². The topological polar surface area (TPSA) is 50.1 Å². The maximum absolute atomic E-state index is 13.4. The number of halogens is 2. The van der Waals surface area contributed by atoms with E-state index in [1.807, 2.05) is 6.07 Å². The zero-order valence-electron chi connectivity index (χ0n) is 9.04. The molecule has 0 amide bonds. The average molecular weight is 298 g/mol. The van der Waals surface area contributed by atoms with Crippen molar-refractivity contribution in [1.29, 1.82) is 5.26 Å². The second-order valence-electron chi connectivity index (χ2n) is 3.94. The fourth-order valence-electron chi connectivity index (χ4n) is 1.85. The number of benzene rings is 1. The van der Waals surface area contributed by atoms with E-state index in [-0.39, 0.29) is 12.0 Å². The highest BCUT2D eigenvalue weighted by Gasteiger charge is 2.59. The molecule has 0 heterocycles. The van der Waals surface area contributed by atoms with Crippen molar-refractivity contribution in [1.82, 2.24) is 0 Å². The van der Waals surface area contributed by atoms with Crippen molar-refractivity contribution in [2.45, 2.75) is 18.0 Å². The lowest BCUT2D eigenvalue weighted by Crippen LogP contribution is -2.15. The molecule has 1 aromatic rings. The molecule has 2 unspecified atom stereocenters. The Morgan fingerprint density at radius 1 is 1.71 bits per heavy atom. The van der Waals surface area contributed by atoms with Gasteiger partial charge in [-0.25, -0.2) is 9.18 Å². The van der Waals surface area contributed by atoms with E-state index in [0.717, 1.165) is 0 Å². The van der Waals surface area contributed by atoms with Crippen LogP contribution in [0.2, 0.25) is 0 Å². The summed E-state index contributed by atoms with van der Waals surface area (Å²) < 4.78 is 18.7. The molecule has 1 saturated carbocycles. The van der Waals surface area contributed by atoms with Crippen LogP contribution in [-0.4, -0.2) is 19.3 Å². The Morgan fingerprint density at radius 3 is 2.82 bits per heavy atom. The van der Waals surface area contributed by atoms with Crippen LogP contribution in [0.4, 0.5) is 4.39 Å². The lowest BCUT2D eigenvalue weighted by atomic mass is 9.92. The second kappa shape index (κ2) is 4.11. The monoisotopic (exact) mass is 297 g/mol. The van der Waals surface area contributed by atoms with Gasteiger partial charge in [0.25, 0.3) is 0 Å². The first-order valence-corrected chi connectivity index (χ1v) is 5.78. The van der Waals surface area contributed by atoms with E-state index in [9.17, 15) is 9.18 Å². The zero-order chi connectivity index (χ0) is 12.6. The summed E-state index contributed by atoms with van der Waals surface area (Å²) in [5.41, 5.74) is -0.543. The number of nitrogens with zero attached hydrogens (tertiary/aromatic N) is 1. The molecule has 3 nitrogen and oxygen atoms in total. The molecule has 0 aromatic heterocycles. The Kier molecular flexibility index (Phi) is 2.92. The predicted octanol–water partition coefficient (Wildman–Crippen LogP) is 2.74. The number of ether oxygens (including phenoxy) is 1. The number of carbonyl (C=O) groups excluding carboxylic acids is 1. The summed E-state index contributed by atoms with van der Waals surface area (Å²) in [5.74, 6) is -0.554. The fraction of sp³-hybridized carbons (Fsp3) is 0.333. The first kappa shape index (κ1) is 12.1. The van der Waals surface area contributed by atoms with Gasteiger partial charge in [0.15, 0.2) is 0 Å². The molecule has 0 bridgehead atoms. The van der Waals surface area contributed by atoms with Gasteiger partial charge in [0.2, 0.25) is 0 Å². The SMILES string of the molecule is COC(=O)c1ccc(Br)cc1C1(C#N)CC1F. The molecule has 2 atom stereocenters. The summed E-state index contributed by atoms with van der Waals surface area (Å²) >= 11 is 3.25. The Bertz CT molecular complexity index is 526. The predicted molar refractivity (Wildman–Crippen MR) is 62.3 cm³/mol. The van der Waals surface area contributed by atoms with Crippen molar-refractivity contribution in [3.8, 4) is 6.07 Å². The van der Waals surface area contributed by atoms with Crippen molar-refractivity contribution in [2.24, 2.45) is 0 Å². The normalized spacial score (nSPS) is 26.1. The number of nitriles is 1. The van der Waals surface area contributed by atoms with E-state index in [0.29, 0.717) is 10.0 Å². The Hall–Kier alpha value is -1.41. The third kappa shape index (κ3) is 1.83. The van der Waals surface area contributed by atoms with Gasteiger partial charge in [-0.3, -0.25) is 0 Å². The lowest BCUT2D eigenvalue weighted by molar-refractivity contribution is 0.0599. The summed E-state index contributed by atoms with van der Waals surface area (Å²) in [4.78, 5) is 11.6. The Balaban J connectivity index is 2.57. The second-order valence-corrected chi connectivity index (χ2v) is 4.85. The van der Waals surface area contributed by atoms with Crippen molar-refractivity contribution in [3.63, 3.8) is 0 Å². The van der Waals surface area contributed by atoms with Gasteiger partial charge in [0.1, 0.15) is 11.6 Å². The molecule has 0 aliphatic heterocycles. The maximum Gasteiger partial charge on any atom is 0.338 e. The molecular weight excluding hydrogens is 289 g/mol. The molecule has 2 rings (SSSR count). The van der Waals surface area contributed by atoms with Crippen LogP contribution in [0, 0.1) is 11.3 Å². The van der Waals surface area contributed by atoms with E-state index in [1.165, 1.54) is 13.2 Å². The van der Waals surface area contributed by atoms with Gasteiger partial charge in [-0.1, -0.05) is 15.9 Å². The molecule has 0 radical (unpaired) electrons. The summed E-state index contributed by atoms with van der Waals surface area (Å²) in [7, 11) is 1.26. The van der Waals surface area contributed by atoms with E-state index in [4.69, 9.17) is 5.26 Å². The van der Waals surface area contributed by atoms with Crippen LogP contribution in [0.25, 0.3) is 0 Å². The molecular formula is C12H9BrFNO2. The van der Waals surface area contributed by atoms with Crippen molar-refractivity contribution in [2.75, 3.05) is 7.11 Å². The van der Waals surface area contributed by atoms with Gasteiger partial charge in [-0.15, -0.1) is 0 Å². The van der Waals surface area contributed by atoms with Gasteiger partial charge < -0.3 is 4.74 Å². The highest BCUT2D eigenvalue weighted by Crippen LogP contribution is 2.51. The molecule has 1 aliphatic rings. The standard InChI is InChI=1S/C12H9BrFNO2/c1-17-11(16)8-3-2-7(13)4-9(8)12(6-15)5-10(12)14/h2-4,10H,5H2,1H3.